The van der Waals surface area contributed by atoms with Crippen LogP contribution >= 0.6 is 0 Å². The topological polar surface area (TPSA) is 47.0 Å². The molecule has 17 heavy (non-hydrogen) atoms. The molecule has 0 amide bonds. The van der Waals surface area contributed by atoms with Crippen molar-refractivity contribution in [3.8, 4) is 17.0 Å². The highest BCUT2D eigenvalue weighted by atomic mass is 16.5. The minimum absolute atomic E-state index is 0.796. The molecule has 1 aromatic carbocycles. The minimum atomic E-state index is 0.796. The van der Waals surface area contributed by atoms with Gasteiger partial charge in [-0.2, -0.15) is 0 Å². The van der Waals surface area contributed by atoms with Crippen LogP contribution in [0.2, 0.25) is 0 Å². The minimum Gasteiger partial charge on any atom is -0.497 e. The second kappa shape index (κ2) is 5.30. The van der Waals surface area contributed by atoms with Gasteiger partial charge in [-0.25, -0.2) is 0 Å². The summed E-state index contributed by atoms with van der Waals surface area (Å²) in [5.41, 5.74) is 1.88. The highest BCUT2D eigenvalue weighted by Crippen LogP contribution is 2.20. The van der Waals surface area contributed by atoms with Gasteiger partial charge in [-0.3, -0.25) is 0 Å². The summed E-state index contributed by atoms with van der Waals surface area (Å²) < 4.78 is 5.11. The van der Waals surface area contributed by atoms with Gasteiger partial charge in [-0.05, 0) is 43.3 Å². The Balaban J connectivity index is 2.20. The quantitative estimate of drug-likeness (QED) is 0.875. The number of hydrogen-bond donors (Lipinski definition) is 1. The third-order valence-corrected chi connectivity index (χ3v) is 2.41. The van der Waals surface area contributed by atoms with Crippen molar-refractivity contribution in [2.45, 2.75) is 6.92 Å². The SMILES string of the molecule is CCNc1ccc(-c2ccc(OC)cc2)nn1. The maximum absolute atomic E-state index is 5.11. The maximum atomic E-state index is 5.11. The molecule has 0 bridgehead atoms. The van der Waals surface area contributed by atoms with Gasteiger partial charge < -0.3 is 10.1 Å². The molecular formula is C13H15N3O. The van der Waals surface area contributed by atoms with Crippen LogP contribution in [0.4, 0.5) is 5.82 Å². The molecule has 4 heteroatoms. The molecule has 0 saturated carbocycles. The smallest absolute Gasteiger partial charge is 0.148 e. The molecule has 0 radical (unpaired) electrons. The van der Waals surface area contributed by atoms with Crippen molar-refractivity contribution >= 4 is 5.82 Å². The predicted octanol–water partition coefficient (Wildman–Crippen LogP) is 2.58. The molecule has 1 N–H and O–H groups in total. The van der Waals surface area contributed by atoms with E-state index in [9.17, 15) is 0 Å². The van der Waals surface area contributed by atoms with Gasteiger partial charge in [0.25, 0.3) is 0 Å². The molecule has 0 spiro atoms. The summed E-state index contributed by atoms with van der Waals surface area (Å²) in [5.74, 6) is 1.63. The molecule has 0 aliphatic heterocycles. The predicted molar refractivity (Wildman–Crippen MR) is 68.2 cm³/mol. The van der Waals surface area contributed by atoms with Crippen LogP contribution in [0.15, 0.2) is 36.4 Å². The fourth-order valence-corrected chi connectivity index (χ4v) is 1.52. The highest BCUT2D eigenvalue weighted by molar-refractivity contribution is 5.60. The van der Waals surface area contributed by atoms with Gasteiger partial charge in [-0.15, -0.1) is 10.2 Å². The number of methoxy groups -OCH3 is 1. The Hall–Kier alpha value is -2.10. The molecule has 2 rings (SSSR count). The van der Waals surface area contributed by atoms with E-state index in [1.165, 1.54) is 0 Å². The lowest BCUT2D eigenvalue weighted by Gasteiger charge is -2.04. The van der Waals surface area contributed by atoms with Gasteiger partial charge in [0.15, 0.2) is 0 Å². The van der Waals surface area contributed by atoms with Crippen molar-refractivity contribution in [3.05, 3.63) is 36.4 Å². The average Bonchev–Trinajstić information content (AvgIpc) is 2.40. The van der Waals surface area contributed by atoms with E-state index in [2.05, 4.69) is 15.5 Å². The molecule has 0 aliphatic rings. The van der Waals surface area contributed by atoms with E-state index in [4.69, 9.17) is 4.74 Å². The molecular weight excluding hydrogens is 214 g/mol. The Morgan fingerprint density at radius 2 is 1.82 bits per heavy atom. The second-order valence-electron chi connectivity index (χ2n) is 3.56. The molecule has 1 aromatic heterocycles. The van der Waals surface area contributed by atoms with Gasteiger partial charge in [0.2, 0.25) is 0 Å². The van der Waals surface area contributed by atoms with E-state index in [-0.39, 0.29) is 0 Å². The summed E-state index contributed by atoms with van der Waals surface area (Å²) in [6.07, 6.45) is 0. The Morgan fingerprint density at radius 3 is 2.35 bits per heavy atom. The van der Waals surface area contributed by atoms with Gasteiger partial charge in [0.05, 0.1) is 12.8 Å². The molecule has 0 saturated heterocycles. The van der Waals surface area contributed by atoms with E-state index in [0.29, 0.717) is 0 Å². The zero-order valence-electron chi connectivity index (χ0n) is 9.97. The molecule has 2 aromatic rings. The Labute approximate surface area is 101 Å². The summed E-state index contributed by atoms with van der Waals surface area (Å²) in [4.78, 5) is 0. The number of hydrogen-bond acceptors (Lipinski definition) is 4. The van der Waals surface area contributed by atoms with Crippen LogP contribution in [0.3, 0.4) is 0 Å². The normalized spacial score (nSPS) is 10.0. The number of nitrogens with zero attached hydrogens (tertiary/aromatic N) is 2. The summed E-state index contributed by atoms with van der Waals surface area (Å²) >= 11 is 0. The average molecular weight is 229 g/mol. The summed E-state index contributed by atoms with van der Waals surface area (Å²) in [5, 5.41) is 11.4. The van der Waals surface area contributed by atoms with E-state index >= 15 is 0 Å². The number of anilines is 1. The zero-order valence-corrected chi connectivity index (χ0v) is 9.97. The Kier molecular flexibility index (Phi) is 3.55. The van der Waals surface area contributed by atoms with Crippen molar-refractivity contribution < 1.29 is 4.74 Å². The fourth-order valence-electron chi connectivity index (χ4n) is 1.52. The lowest BCUT2D eigenvalue weighted by molar-refractivity contribution is 0.415. The van der Waals surface area contributed by atoms with E-state index in [1.54, 1.807) is 7.11 Å². The molecule has 1 heterocycles. The number of nitrogens with one attached hydrogen (secondary N) is 1. The molecule has 0 aliphatic carbocycles. The molecule has 0 atom stereocenters. The molecule has 4 nitrogen and oxygen atoms in total. The standard InChI is InChI=1S/C13H15N3O/c1-3-14-13-9-8-12(15-16-13)10-4-6-11(17-2)7-5-10/h4-9H,3H2,1-2H3,(H,14,16). The number of benzene rings is 1. The van der Waals surface area contributed by atoms with Crippen LogP contribution in [0.5, 0.6) is 5.75 Å². The van der Waals surface area contributed by atoms with E-state index in [1.807, 2.05) is 43.3 Å². The Bertz CT molecular complexity index is 465. The first-order valence-electron chi connectivity index (χ1n) is 5.55. The van der Waals surface area contributed by atoms with Gasteiger partial charge >= 0.3 is 0 Å². The van der Waals surface area contributed by atoms with Gasteiger partial charge in [-0.1, -0.05) is 0 Å². The first-order valence-corrected chi connectivity index (χ1v) is 5.55. The number of aromatic nitrogens is 2. The van der Waals surface area contributed by atoms with Crippen molar-refractivity contribution in [3.63, 3.8) is 0 Å². The third kappa shape index (κ3) is 2.72. The number of rotatable bonds is 4. The summed E-state index contributed by atoms with van der Waals surface area (Å²) in [7, 11) is 1.65. The monoisotopic (exact) mass is 229 g/mol. The van der Waals surface area contributed by atoms with Crippen LogP contribution in [0.25, 0.3) is 11.3 Å². The van der Waals surface area contributed by atoms with Crippen molar-refractivity contribution in [2.75, 3.05) is 19.0 Å². The van der Waals surface area contributed by atoms with Gasteiger partial charge in [0, 0.05) is 12.1 Å². The van der Waals surface area contributed by atoms with Crippen molar-refractivity contribution in [1.82, 2.24) is 10.2 Å². The largest absolute Gasteiger partial charge is 0.497 e. The highest BCUT2D eigenvalue weighted by Gasteiger charge is 2.01. The second-order valence-corrected chi connectivity index (χ2v) is 3.56. The third-order valence-electron chi connectivity index (χ3n) is 2.41. The lowest BCUT2D eigenvalue weighted by Crippen LogP contribution is -2.00. The van der Waals surface area contributed by atoms with Crippen LogP contribution in [0.1, 0.15) is 6.92 Å². The number of ether oxygens (including phenoxy) is 1. The molecule has 0 fully saturated rings. The van der Waals surface area contributed by atoms with Crippen LogP contribution in [-0.4, -0.2) is 23.9 Å². The Morgan fingerprint density at radius 1 is 1.06 bits per heavy atom. The fraction of sp³-hybridized carbons (Fsp3) is 0.231. The van der Waals surface area contributed by atoms with Crippen LogP contribution < -0.4 is 10.1 Å². The molecule has 88 valence electrons. The summed E-state index contributed by atoms with van der Waals surface area (Å²) in [6.45, 7) is 2.87. The van der Waals surface area contributed by atoms with Crippen LogP contribution in [-0.2, 0) is 0 Å². The summed E-state index contributed by atoms with van der Waals surface area (Å²) in [6, 6.07) is 11.6. The molecule has 0 unspecified atom stereocenters. The first-order chi connectivity index (χ1) is 8.33. The maximum Gasteiger partial charge on any atom is 0.148 e. The first kappa shape index (κ1) is 11.4. The van der Waals surface area contributed by atoms with Crippen molar-refractivity contribution in [2.24, 2.45) is 0 Å². The lowest BCUT2D eigenvalue weighted by atomic mass is 10.1. The van der Waals surface area contributed by atoms with E-state index < -0.39 is 0 Å². The van der Waals surface area contributed by atoms with Crippen LogP contribution in [0, 0.1) is 0 Å². The van der Waals surface area contributed by atoms with Gasteiger partial charge in [0.1, 0.15) is 11.6 Å². The van der Waals surface area contributed by atoms with E-state index in [0.717, 1.165) is 29.4 Å². The van der Waals surface area contributed by atoms with Crippen molar-refractivity contribution in [1.29, 1.82) is 0 Å². The zero-order chi connectivity index (χ0) is 12.1.